The molecule has 1 saturated carbocycles. The highest BCUT2D eigenvalue weighted by Gasteiger charge is 2.35. The molecule has 0 saturated heterocycles. The number of carbonyl (C=O) groups excluding carboxylic acids is 1. The van der Waals surface area contributed by atoms with Crippen LogP contribution in [0.1, 0.15) is 35.0 Å². The minimum atomic E-state index is -0.0344. The van der Waals surface area contributed by atoms with E-state index in [2.05, 4.69) is 4.98 Å². The van der Waals surface area contributed by atoms with E-state index >= 15 is 0 Å². The highest BCUT2D eigenvalue weighted by atomic mass is 32.2. The van der Waals surface area contributed by atoms with Gasteiger partial charge in [-0.2, -0.15) is 11.8 Å². The minimum absolute atomic E-state index is 0.0344. The molecule has 2 aromatic heterocycles. The second kappa shape index (κ2) is 5.97. The number of hydrogen-bond acceptors (Lipinski definition) is 4. The lowest BCUT2D eigenvalue weighted by Gasteiger charge is -2.20. The summed E-state index contributed by atoms with van der Waals surface area (Å²) in [7, 11) is 1.95. The summed E-state index contributed by atoms with van der Waals surface area (Å²) in [4.78, 5) is 18.9. The fourth-order valence-corrected chi connectivity index (χ4v) is 2.75. The van der Waals surface area contributed by atoms with Crippen molar-refractivity contribution >= 4 is 17.7 Å². The van der Waals surface area contributed by atoms with Gasteiger partial charge in [-0.1, -0.05) is 0 Å². The molecule has 5 nitrogen and oxygen atoms in total. The Morgan fingerprint density at radius 2 is 2.33 bits per heavy atom. The van der Waals surface area contributed by atoms with Crippen molar-refractivity contribution in [2.45, 2.75) is 31.2 Å². The summed E-state index contributed by atoms with van der Waals surface area (Å²) < 4.78 is 7.60. The van der Waals surface area contributed by atoms with Crippen LogP contribution in [0.2, 0.25) is 0 Å². The smallest absolute Gasteiger partial charge is 0.290 e. The molecule has 2 aromatic rings. The molecule has 0 aromatic carbocycles. The van der Waals surface area contributed by atoms with Gasteiger partial charge in [-0.15, -0.1) is 0 Å². The zero-order chi connectivity index (χ0) is 14.8. The minimum Gasteiger partial charge on any atom is -0.455 e. The highest BCUT2D eigenvalue weighted by Crippen LogP contribution is 2.30. The van der Waals surface area contributed by atoms with Crippen LogP contribution in [0.15, 0.2) is 28.9 Å². The van der Waals surface area contributed by atoms with E-state index < -0.39 is 0 Å². The number of thioether (sulfide) groups is 1. The Kier molecular flexibility index (Phi) is 4.05. The van der Waals surface area contributed by atoms with Crippen LogP contribution < -0.4 is 0 Å². The summed E-state index contributed by atoms with van der Waals surface area (Å²) in [6, 6.07) is 3.99. The van der Waals surface area contributed by atoms with Crippen LogP contribution in [0, 0.1) is 0 Å². The lowest BCUT2D eigenvalue weighted by molar-refractivity contribution is 0.0690. The van der Waals surface area contributed by atoms with Gasteiger partial charge in [-0.25, -0.2) is 4.98 Å². The lowest BCUT2D eigenvalue weighted by atomic mass is 10.3. The fraction of sp³-hybridized carbons (Fsp3) is 0.467. The third kappa shape index (κ3) is 3.15. The van der Waals surface area contributed by atoms with Gasteiger partial charge in [0.25, 0.3) is 5.91 Å². The van der Waals surface area contributed by atoms with E-state index in [0.717, 1.165) is 30.2 Å². The number of aromatic nitrogens is 2. The van der Waals surface area contributed by atoms with Gasteiger partial charge in [0.1, 0.15) is 11.6 Å². The third-order valence-corrected chi connectivity index (χ3v) is 4.21. The number of rotatable bonds is 6. The van der Waals surface area contributed by atoms with E-state index in [0.29, 0.717) is 18.3 Å². The van der Waals surface area contributed by atoms with E-state index in [4.69, 9.17) is 4.42 Å². The molecule has 3 rings (SSSR count). The van der Waals surface area contributed by atoms with Gasteiger partial charge in [0.05, 0.1) is 12.3 Å². The van der Waals surface area contributed by atoms with Crippen LogP contribution in [0.4, 0.5) is 0 Å². The topological polar surface area (TPSA) is 51.3 Å². The van der Waals surface area contributed by atoms with E-state index in [1.807, 2.05) is 35.0 Å². The van der Waals surface area contributed by atoms with E-state index in [9.17, 15) is 4.79 Å². The number of nitrogens with zero attached hydrogens (tertiary/aromatic N) is 3. The molecule has 0 unspecified atom stereocenters. The Labute approximate surface area is 128 Å². The first-order valence-corrected chi connectivity index (χ1v) is 8.43. The van der Waals surface area contributed by atoms with Crippen molar-refractivity contribution in [1.29, 1.82) is 0 Å². The first kappa shape index (κ1) is 14.3. The lowest BCUT2D eigenvalue weighted by Crippen LogP contribution is -2.33. The van der Waals surface area contributed by atoms with Crippen LogP contribution in [0.25, 0.3) is 0 Å². The predicted molar refractivity (Wildman–Crippen MR) is 82.0 cm³/mol. The number of carbonyl (C=O) groups is 1. The van der Waals surface area contributed by atoms with Gasteiger partial charge in [0.15, 0.2) is 5.76 Å². The van der Waals surface area contributed by atoms with Crippen molar-refractivity contribution in [3.8, 4) is 0 Å². The van der Waals surface area contributed by atoms with E-state index in [1.165, 1.54) is 0 Å². The number of imidazole rings is 1. The maximum Gasteiger partial charge on any atom is 0.290 e. The molecule has 0 N–H and O–H groups in total. The predicted octanol–water partition coefficient (Wildman–Crippen LogP) is 2.68. The van der Waals surface area contributed by atoms with Gasteiger partial charge >= 0.3 is 0 Å². The number of amides is 1. The second-order valence-corrected chi connectivity index (χ2v) is 6.18. The SMILES string of the molecule is CSCc1ccc(C(=O)N(Cc2nccn2C)C2CC2)o1. The molecule has 21 heavy (non-hydrogen) atoms. The summed E-state index contributed by atoms with van der Waals surface area (Å²) in [6.07, 6.45) is 7.80. The van der Waals surface area contributed by atoms with Crippen molar-refractivity contribution in [3.05, 3.63) is 41.9 Å². The molecule has 1 aliphatic carbocycles. The van der Waals surface area contributed by atoms with E-state index in [1.54, 1.807) is 24.0 Å². The normalized spacial score (nSPS) is 14.4. The maximum absolute atomic E-state index is 12.7. The molecular formula is C15H19N3O2S. The average Bonchev–Trinajstić information content (AvgIpc) is 3.07. The molecule has 112 valence electrons. The molecule has 1 amide bonds. The standard InChI is InChI=1S/C15H19N3O2S/c1-17-8-7-16-14(17)9-18(11-3-4-11)15(19)13-6-5-12(20-13)10-21-2/h5-8,11H,3-4,9-10H2,1-2H3. The first-order chi connectivity index (χ1) is 10.2. The van der Waals surface area contributed by atoms with Crippen LogP contribution >= 0.6 is 11.8 Å². The summed E-state index contributed by atoms with van der Waals surface area (Å²) in [5.74, 6) is 2.92. The molecular weight excluding hydrogens is 286 g/mol. The molecule has 0 bridgehead atoms. The first-order valence-electron chi connectivity index (χ1n) is 7.04. The zero-order valence-corrected chi connectivity index (χ0v) is 13.1. The summed E-state index contributed by atoms with van der Waals surface area (Å²) in [6.45, 7) is 0.533. The Hall–Kier alpha value is -1.69. The monoisotopic (exact) mass is 305 g/mol. The van der Waals surface area contributed by atoms with Gasteiger partial charge in [0.2, 0.25) is 0 Å². The maximum atomic E-state index is 12.7. The van der Waals surface area contributed by atoms with Crippen molar-refractivity contribution in [1.82, 2.24) is 14.5 Å². The molecule has 0 radical (unpaired) electrons. The second-order valence-electron chi connectivity index (χ2n) is 5.32. The summed E-state index contributed by atoms with van der Waals surface area (Å²) in [5.41, 5.74) is 0. The van der Waals surface area contributed by atoms with Crippen molar-refractivity contribution in [2.75, 3.05) is 6.26 Å². The van der Waals surface area contributed by atoms with Gasteiger partial charge in [-0.3, -0.25) is 4.79 Å². The molecule has 2 heterocycles. The molecule has 1 aliphatic rings. The Morgan fingerprint density at radius 3 is 2.95 bits per heavy atom. The number of aryl methyl sites for hydroxylation is 1. The Bertz CT molecular complexity index is 630. The number of furan rings is 1. The molecule has 0 spiro atoms. The Morgan fingerprint density at radius 1 is 1.52 bits per heavy atom. The molecule has 6 heteroatoms. The quantitative estimate of drug-likeness (QED) is 0.823. The van der Waals surface area contributed by atoms with Gasteiger partial charge < -0.3 is 13.9 Å². The van der Waals surface area contributed by atoms with Crippen LogP contribution in [-0.4, -0.2) is 32.7 Å². The summed E-state index contributed by atoms with van der Waals surface area (Å²) >= 11 is 1.68. The van der Waals surface area contributed by atoms with Gasteiger partial charge in [-0.05, 0) is 31.2 Å². The highest BCUT2D eigenvalue weighted by molar-refractivity contribution is 7.97. The third-order valence-electron chi connectivity index (χ3n) is 3.64. The van der Waals surface area contributed by atoms with Gasteiger partial charge in [0, 0.05) is 25.5 Å². The zero-order valence-electron chi connectivity index (χ0n) is 12.3. The van der Waals surface area contributed by atoms with Crippen LogP contribution in [0.5, 0.6) is 0 Å². The Balaban J connectivity index is 1.76. The summed E-state index contributed by atoms with van der Waals surface area (Å²) in [5, 5.41) is 0. The van der Waals surface area contributed by atoms with Crippen LogP contribution in [-0.2, 0) is 19.3 Å². The molecule has 1 fully saturated rings. The van der Waals surface area contributed by atoms with Crippen molar-refractivity contribution in [2.24, 2.45) is 7.05 Å². The van der Waals surface area contributed by atoms with Crippen molar-refractivity contribution < 1.29 is 9.21 Å². The van der Waals surface area contributed by atoms with Crippen LogP contribution in [0.3, 0.4) is 0 Å². The molecule has 0 atom stereocenters. The average molecular weight is 305 g/mol. The van der Waals surface area contributed by atoms with Crippen molar-refractivity contribution in [3.63, 3.8) is 0 Å². The molecule has 0 aliphatic heterocycles. The fourth-order valence-electron chi connectivity index (χ4n) is 2.31. The number of hydrogen-bond donors (Lipinski definition) is 0. The largest absolute Gasteiger partial charge is 0.455 e. The van der Waals surface area contributed by atoms with E-state index in [-0.39, 0.29) is 5.91 Å².